The molecule has 8 nitrogen and oxygen atoms in total. The molecule has 0 bridgehead atoms. The number of non-ortho nitro benzene ring substituents is 1. The minimum Gasteiger partial charge on any atom is -0.361 e. The number of carbonyl (C=O) groups is 2. The van der Waals surface area contributed by atoms with Crippen LogP contribution in [0.1, 0.15) is 5.56 Å². The minimum atomic E-state index is -1.20. The van der Waals surface area contributed by atoms with Crippen molar-refractivity contribution in [3.63, 3.8) is 0 Å². The number of hydrogen-bond donors (Lipinski definition) is 2. The van der Waals surface area contributed by atoms with Gasteiger partial charge in [-0.05, 0) is 6.07 Å². The van der Waals surface area contributed by atoms with Gasteiger partial charge in [0.1, 0.15) is 0 Å². The summed E-state index contributed by atoms with van der Waals surface area (Å²) in [6.45, 7) is 0. The molecule has 1 aromatic carbocycles. The second kappa shape index (κ2) is 5.73. The molecule has 0 unspecified atom stereocenters. The number of hydrogen-bond acceptors (Lipinski definition) is 5. The third-order valence-electron chi connectivity index (χ3n) is 1.78. The van der Waals surface area contributed by atoms with Gasteiger partial charge in [0.25, 0.3) is 5.69 Å². The zero-order chi connectivity index (χ0) is 13.7. The second-order valence-electron chi connectivity index (χ2n) is 3.03. The SMILES string of the molecule is NC(=O)C(=O)N/N=C/c1cc([N+](=O)[O-])ccc1Cl. The molecule has 0 saturated carbocycles. The van der Waals surface area contributed by atoms with Crippen LogP contribution in [-0.4, -0.2) is 23.0 Å². The van der Waals surface area contributed by atoms with Gasteiger partial charge in [0, 0.05) is 22.7 Å². The molecule has 1 aromatic rings. The summed E-state index contributed by atoms with van der Waals surface area (Å²) in [6.07, 6.45) is 1.07. The Hall–Kier alpha value is -2.48. The lowest BCUT2D eigenvalue weighted by Gasteiger charge is -1.98. The molecule has 0 aliphatic carbocycles. The average Bonchev–Trinajstić information content (AvgIpc) is 2.30. The van der Waals surface area contributed by atoms with Crippen molar-refractivity contribution in [2.45, 2.75) is 0 Å². The van der Waals surface area contributed by atoms with E-state index in [1.807, 2.05) is 5.43 Å². The predicted octanol–water partition coefficient (Wildman–Crippen LogP) is 0.184. The maximum absolute atomic E-state index is 10.8. The number of halogens is 1. The maximum atomic E-state index is 10.8. The summed E-state index contributed by atoms with van der Waals surface area (Å²) in [4.78, 5) is 31.0. The van der Waals surface area contributed by atoms with Gasteiger partial charge in [-0.25, -0.2) is 5.43 Å². The summed E-state index contributed by atoms with van der Waals surface area (Å²) < 4.78 is 0. The summed E-state index contributed by atoms with van der Waals surface area (Å²) in [6, 6.07) is 3.71. The highest BCUT2D eigenvalue weighted by Crippen LogP contribution is 2.20. The lowest BCUT2D eigenvalue weighted by Crippen LogP contribution is -2.32. The number of carbonyl (C=O) groups excluding carboxylic acids is 2. The zero-order valence-electron chi connectivity index (χ0n) is 8.79. The van der Waals surface area contributed by atoms with E-state index in [2.05, 4.69) is 10.8 Å². The molecule has 0 aliphatic heterocycles. The van der Waals surface area contributed by atoms with Crippen LogP contribution in [-0.2, 0) is 9.59 Å². The van der Waals surface area contributed by atoms with E-state index in [9.17, 15) is 19.7 Å². The number of nitrogens with two attached hydrogens (primary N) is 1. The van der Waals surface area contributed by atoms with Crippen molar-refractivity contribution in [1.29, 1.82) is 0 Å². The number of benzene rings is 1. The molecule has 94 valence electrons. The van der Waals surface area contributed by atoms with E-state index in [-0.39, 0.29) is 16.3 Å². The summed E-state index contributed by atoms with van der Waals surface area (Å²) in [5, 5.41) is 14.1. The predicted molar refractivity (Wildman–Crippen MR) is 63.0 cm³/mol. The number of rotatable bonds is 3. The second-order valence-corrected chi connectivity index (χ2v) is 3.43. The lowest BCUT2D eigenvalue weighted by atomic mass is 10.2. The van der Waals surface area contributed by atoms with Gasteiger partial charge >= 0.3 is 11.8 Å². The van der Waals surface area contributed by atoms with E-state index in [0.29, 0.717) is 0 Å². The van der Waals surface area contributed by atoms with Crippen LogP contribution in [0.2, 0.25) is 5.02 Å². The summed E-state index contributed by atoms with van der Waals surface area (Å²) in [7, 11) is 0. The van der Waals surface area contributed by atoms with Crippen molar-refractivity contribution in [2.75, 3.05) is 0 Å². The number of nitro benzene ring substituents is 1. The van der Waals surface area contributed by atoms with Gasteiger partial charge in [-0.1, -0.05) is 11.6 Å². The average molecular weight is 271 g/mol. The van der Waals surface area contributed by atoms with Crippen LogP contribution in [0.25, 0.3) is 0 Å². The molecule has 9 heteroatoms. The molecule has 0 atom stereocenters. The third-order valence-corrected chi connectivity index (χ3v) is 2.13. The van der Waals surface area contributed by atoms with Crippen LogP contribution in [0.15, 0.2) is 23.3 Å². The number of nitrogens with one attached hydrogen (secondary N) is 1. The zero-order valence-corrected chi connectivity index (χ0v) is 9.55. The van der Waals surface area contributed by atoms with E-state index in [4.69, 9.17) is 11.6 Å². The molecular formula is C9H7ClN4O4. The van der Waals surface area contributed by atoms with Gasteiger partial charge in [-0.3, -0.25) is 19.7 Å². The van der Waals surface area contributed by atoms with Gasteiger partial charge in [0.15, 0.2) is 0 Å². The van der Waals surface area contributed by atoms with E-state index < -0.39 is 16.7 Å². The Morgan fingerprint density at radius 2 is 2.17 bits per heavy atom. The Bertz CT molecular complexity index is 543. The summed E-state index contributed by atoms with van der Waals surface area (Å²) in [5.74, 6) is -2.30. The van der Waals surface area contributed by atoms with Crippen molar-refractivity contribution in [2.24, 2.45) is 10.8 Å². The quantitative estimate of drug-likeness (QED) is 0.351. The Kier molecular flexibility index (Phi) is 4.33. The largest absolute Gasteiger partial charge is 0.361 e. The van der Waals surface area contributed by atoms with Gasteiger partial charge in [-0.2, -0.15) is 5.10 Å². The van der Waals surface area contributed by atoms with Crippen LogP contribution in [0.3, 0.4) is 0 Å². The Labute approximate surface area is 106 Å². The monoisotopic (exact) mass is 270 g/mol. The third kappa shape index (κ3) is 3.52. The molecule has 0 aromatic heterocycles. The number of hydrazone groups is 1. The molecular weight excluding hydrogens is 264 g/mol. The van der Waals surface area contributed by atoms with Crippen LogP contribution in [0.4, 0.5) is 5.69 Å². The van der Waals surface area contributed by atoms with Gasteiger partial charge < -0.3 is 5.73 Å². The van der Waals surface area contributed by atoms with Crippen LogP contribution in [0.5, 0.6) is 0 Å². The fourth-order valence-corrected chi connectivity index (χ4v) is 1.13. The van der Waals surface area contributed by atoms with E-state index in [1.165, 1.54) is 18.2 Å². The van der Waals surface area contributed by atoms with Gasteiger partial charge in [-0.15, -0.1) is 0 Å². The maximum Gasteiger partial charge on any atom is 0.329 e. The highest BCUT2D eigenvalue weighted by Gasteiger charge is 2.09. The first-order valence-electron chi connectivity index (χ1n) is 4.48. The van der Waals surface area contributed by atoms with E-state index in [1.54, 1.807) is 0 Å². The molecule has 18 heavy (non-hydrogen) atoms. The topological polar surface area (TPSA) is 128 Å². The molecule has 0 saturated heterocycles. The molecule has 2 amide bonds. The van der Waals surface area contributed by atoms with Crippen molar-refractivity contribution in [3.05, 3.63) is 38.9 Å². The first-order valence-corrected chi connectivity index (χ1v) is 4.86. The van der Waals surface area contributed by atoms with E-state index >= 15 is 0 Å². The Balaban J connectivity index is 2.87. The van der Waals surface area contributed by atoms with Crippen LogP contribution < -0.4 is 11.2 Å². The number of nitro groups is 1. The molecule has 0 aliphatic rings. The molecule has 0 radical (unpaired) electrons. The highest BCUT2D eigenvalue weighted by atomic mass is 35.5. The minimum absolute atomic E-state index is 0.179. The summed E-state index contributed by atoms with van der Waals surface area (Å²) in [5.41, 5.74) is 6.54. The molecule has 3 N–H and O–H groups in total. The van der Waals surface area contributed by atoms with E-state index in [0.717, 1.165) is 6.21 Å². The van der Waals surface area contributed by atoms with Gasteiger partial charge in [0.05, 0.1) is 11.1 Å². The Morgan fingerprint density at radius 3 is 2.72 bits per heavy atom. The highest BCUT2D eigenvalue weighted by molar-refractivity contribution is 6.34. The lowest BCUT2D eigenvalue weighted by molar-refractivity contribution is -0.384. The van der Waals surface area contributed by atoms with Crippen molar-refractivity contribution >= 4 is 35.3 Å². The van der Waals surface area contributed by atoms with Crippen molar-refractivity contribution in [3.8, 4) is 0 Å². The fraction of sp³-hybridized carbons (Fsp3) is 0. The molecule has 0 spiro atoms. The summed E-state index contributed by atoms with van der Waals surface area (Å²) >= 11 is 5.76. The van der Waals surface area contributed by atoms with Crippen molar-refractivity contribution in [1.82, 2.24) is 5.43 Å². The first kappa shape index (κ1) is 13.6. The molecule has 1 rings (SSSR count). The van der Waals surface area contributed by atoms with Crippen molar-refractivity contribution < 1.29 is 14.5 Å². The first-order chi connectivity index (χ1) is 8.41. The number of primary amides is 1. The van der Waals surface area contributed by atoms with Crippen LogP contribution in [0, 0.1) is 10.1 Å². The molecule has 0 fully saturated rings. The number of nitrogens with zero attached hydrogens (tertiary/aromatic N) is 2. The number of amides is 2. The standard InChI is InChI=1S/C9H7ClN4O4/c10-7-2-1-6(14(17)18)3-5(7)4-12-13-9(16)8(11)15/h1-4H,(H2,11,15)(H,13,16)/b12-4+. The smallest absolute Gasteiger partial charge is 0.329 e. The Morgan fingerprint density at radius 1 is 1.50 bits per heavy atom. The van der Waals surface area contributed by atoms with Crippen LogP contribution >= 0.6 is 11.6 Å². The normalized spacial score (nSPS) is 10.3. The molecule has 0 heterocycles. The fourth-order valence-electron chi connectivity index (χ4n) is 0.959. The van der Waals surface area contributed by atoms with Gasteiger partial charge in [0.2, 0.25) is 0 Å².